The van der Waals surface area contributed by atoms with Crippen LogP contribution < -0.4 is 10.9 Å². The monoisotopic (exact) mass is 387 g/mol. The highest BCUT2D eigenvalue weighted by atomic mass is 35.5. The standard InChI is InChI=1S/C16H17ClF3N5O/c17-14-12(21-5-8-24-6-1-2-7-24)10-23-25(15(14)26)13-4-3-11(9-22-13)16(18,19)20/h3-4,9-10,21H,1-2,5-8H2. The predicted molar refractivity (Wildman–Crippen MR) is 91.8 cm³/mol. The quantitative estimate of drug-likeness (QED) is 0.854. The first-order valence-corrected chi connectivity index (χ1v) is 8.52. The van der Waals surface area contributed by atoms with E-state index in [0.717, 1.165) is 36.4 Å². The molecule has 0 bridgehead atoms. The van der Waals surface area contributed by atoms with Gasteiger partial charge in [0.15, 0.2) is 5.82 Å². The van der Waals surface area contributed by atoms with Crippen molar-refractivity contribution in [2.45, 2.75) is 19.0 Å². The average molecular weight is 388 g/mol. The van der Waals surface area contributed by atoms with Gasteiger partial charge in [-0.15, -0.1) is 0 Å². The van der Waals surface area contributed by atoms with Gasteiger partial charge >= 0.3 is 6.18 Å². The van der Waals surface area contributed by atoms with E-state index >= 15 is 0 Å². The van der Waals surface area contributed by atoms with Crippen molar-refractivity contribution in [2.24, 2.45) is 0 Å². The average Bonchev–Trinajstić information content (AvgIpc) is 3.12. The zero-order valence-corrected chi connectivity index (χ0v) is 14.5. The Labute approximate surface area is 152 Å². The molecule has 0 radical (unpaired) electrons. The number of pyridine rings is 1. The van der Waals surface area contributed by atoms with Gasteiger partial charge in [0.05, 0.1) is 17.4 Å². The van der Waals surface area contributed by atoms with Gasteiger partial charge in [0.25, 0.3) is 5.56 Å². The number of hydrogen-bond acceptors (Lipinski definition) is 5. The van der Waals surface area contributed by atoms with E-state index in [2.05, 4.69) is 20.3 Å². The molecule has 0 saturated carbocycles. The molecule has 0 spiro atoms. The van der Waals surface area contributed by atoms with Gasteiger partial charge in [-0.1, -0.05) is 11.6 Å². The van der Waals surface area contributed by atoms with Crippen LogP contribution in [0.3, 0.4) is 0 Å². The van der Waals surface area contributed by atoms with Gasteiger partial charge in [-0.3, -0.25) is 4.79 Å². The highest BCUT2D eigenvalue weighted by Crippen LogP contribution is 2.28. The molecule has 26 heavy (non-hydrogen) atoms. The minimum atomic E-state index is -4.50. The Kier molecular flexibility index (Phi) is 5.47. The molecule has 2 aromatic heterocycles. The summed E-state index contributed by atoms with van der Waals surface area (Å²) in [6.45, 7) is 3.58. The van der Waals surface area contributed by atoms with Gasteiger partial charge < -0.3 is 10.2 Å². The summed E-state index contributed by atoms with van der Waals surface area (Å²) in [5, 5.41) is 6.94. The Morgan fingerprint density at radius 3 is 2.54 bits per heavy atom. The number of nitrogens with zero attached hydrogens (tertiary/aromatic N) is 4. The van der Waals surface area contributed by atoms with Gasteiger partial charge in [-0.05, 0) is 38.1 Å². The molecule has 1 fully saturated rings. The van der Waals surface area contributed by atoms with Crippen molar-refractivity contribution in [1.82, 2.24) is 19.7 Å². The van der Waals surface area contributed by atoms with Gasteiger partial charge in [0.2, 0.25) is 0 Å². The van der Waals surface area contributed by atoms with E-state index in [4.69, 9.17) is 11.6 Å². The first-order chi connectivity index (χ1) is 12.4. The highest BCUT2D eigenvalue weighted by Gasteiger charge is 2.30. The molecule has 0 unspecified atom stereocenters. The summed E-state index contributed by atoms with van der Waals surface area (Å²) in [6, 6.07) is 1.92. The summed E-state index contributed by atoms with van der Waals surface area (Å²) in [4.78, 5) is 18.3. The fourth-order valence-corrected chi connectivity index (χ4v) is 2.95. The first-order valence-electron chi connectivity index (χ1n) is 8.14. The second-order valence-electron chi connectivity index (χ2n) is 5.97. The zero-order valence-electron chi connectivity index (χ0n) is 13.8. The Balaban J connectivity index is 1.73. The number of aromatic nitrogens is 3. The Morgan fingerprint density at radius 2 is 1.92 bits per heavy atom. The van der Waals surface area contributed by atoms with Crippen LogP contribution in [-0.4, -0.2) is 45.8 Å². The number of hydrogen-bond donors (Lipinski definition) is 1. The third-order valence-corrected chi connectivity index (χ3v) is 4.52. The van der Waals surface area contributed by atoms with Gasteiger partial charge in [-0.25, -0.2) is 4.98 Å². The Bertz CT molecular complexity index is 816. The van der Waals surface area contributed by atoms with E-state index in [-0.39, 0.29) is 10.8 Å². The van der Waals surface area contributed by atoms with Crippen LogP contribution in [0, 0.1) is 0 Å². The van der Waals surface area contributed by atoms with Crippen LogP contribution in [0.5, 0.6) is 0 Å². The molecule has 3 heterocycles. The Morgan fingerprint density at radius 1 is 1.19 bits per heavy atom. The van der Waals surface area contributed by atoms with Crippen LogP contribution in [0.25, 0.3) is 5.82 Å². The lowest BCUT2D eigenvalue weighted by Gasteiger charge is -2.16. The fraction of sp³-hybridized carbons (Fsp3) is 0.438. The third-order valence-electron chi connectivity index (χ3n) is 4.15. The summed E-state index contributed by atoms with van der Waals surface area (Å²) in [5.41, 5.74) is -1.16. The van der Waals surface area contributed by atoms with Crippen LogP contribution in [0.1, 0.15) is 18.4 Å². The molecular formula is C16H17ClF3N5O. The summed E-state index contributed by atoms with van der Waals surface area (Å²) < 4.78 is 38.6. The molecule has 1 aliphatic heterocycles. The molecule has 140 valence electrons. The second-order valence-corrected chi connectivity index (χ2v) is 6.35. The molecule has 1 aliphatic rings. The lowest BCUT2D eigenvalue weighted by atomic mass is 10.3. The highest BCUT2D eigenvalue weighted by molar-refractivity contribution is 6.32. The summed E-state index contributed by atoms with van der Waals surface area (Å²) >= 11 is 6.09. The molecule has 0 atom stereocenters. The van der Waals surface area contributed by atoms with Crippen molar-refractivity contribution in [2.75, 3.05) is 31.5 Å². The van der Waals surface area contributed by atoms with E-state index in [0.29, 0.717) is 18.4 Å². The summed E-state index contributed by atoms with van der Waals surface area (Å²) in [6.07, 6.45) is -0.0890. The molecule has 0 amide bonds. The normalized spacial score (nSPS) is 15.4. The van der Waals surface area contributed by atoms with Crippen LogP contribution >= 0.6 is 11.6 Å². The SMILES string of the molecule is O=c1c(Cl)c(NCCN2CCCC2)cnn1-c1ccc(C(F)(F)F)cn1. The fourth-order valence-electron chi connectivity index (χ4n) is 2.75. The second kappa shape index (κ2) is 7.63. The van der Waals surface area contributed by atoms with Crippen LogP contribution in [0.4, 0.5) is 18.9 Å². The number of rotatable bonds is 5. The van der Waals surface area contributed by atoms with E-state index in [9.17, 15) is 18.0 Å². The minimum Gasteiger partial charge on any atom is -0.381 e. The zero-order chi connectivity index (χ0) is 18.7. The van der Waals surface area contributed by atoms with E-state index in [1.54, 1.807) is 0 Å². The van der Waals surface area contributed by atoms with E-state index < -0.39 is 17.3 Å². The maximum atomic E-state index is 12.6. The van der Waals surface area contributed by atoms with Crippen LogP contribution in [0.15, 0.2) is 29.3 Å². The van der Waals surface area contributed by atoms with Gasteiger partial charge in [0, 0.05) is 19.3 Å². The molecule has 0 aromatic carbocycles. The van der Waals surface area contributed by atoms with Crippen molar-refractivity contribution in [3.8, 4) is 5.82 Å². The number of alkyl halides is 3. The molecule has 1 saturated heterocycles. The van der Waals surface area contributed by atoms with Crippen molar-refractivity contribution < 1.29 is 13.2 Å². The molecule has 0 aliphatic carbocycles. The Hall–Kier alpha value is -2.13. The smallest absolute Gasteiger partial charge is 0.381 e. The van der Waals surface area contributed by atoms with Crippen LogP contribution in [0.2, 0.25) is 5.02 Å². The molecule has 10 heteroatoms. The van der Waals surface area contributed by atoms with Crippen molar-refractivity contribution in [3.05, 3.63) is 45.5 Å². The lowest BCUT2D eigenvalue weighted by Crippen LogP contribution is -2.27. The minimum absolute atomic E-state index is 0.0338. The summed E-state index contributed by atoms with van der Waals surface area (Å²) in [5.74, 6) is -0.0338. The van der Waals surface area contributed by atoms with Crippen molar-refractivity contribution >= 4 is 17.3 Å². The van der Waals surface area contributed by atoms with Gasteiger partial charge in [0.1, 0.15) is 5.02 Å². The van der Waals surface area contributed by atoms with Gasteiger partial charge in [-0.2, -0.15) is 23.0 Å². The number of anilines is 1. The van der Waals surface area contributed by atoms with Crippen LogP contribution in [-0.2, 0) is 6.18 Å². The predicted octanol–water partition coefficient (Wildman–Crippen LogP) is 2.81. The summed E-state index contributed by atoms with van der Waals surface area (Å²) in [7, 11) is 0. The first kappa shape index (κ1) is 18.7. The largest absolute Gasteiger partial charge is 0.417 e. The number of halogens is 4. The van der Waals surface area contributed by atoms with Crippen molar-refractivity contribution in [1.29, 1.82) is 0 Å². The maximum absolute atomic E-state index is 12.6. The van der Waals surface area contributed by atoms with Crippen molar-refractivity contribution in [3.63, 3.8) is 0 Å². The maximum Gasteiger partial charge on any atom is 0.417 e. The van der Waals surface area contributed by atoms with E-state index in [1.807, 2.05) is 0 Å². The molecule has 6 nitrogen and oxygen atoms in total. The topological polar surface area (TPSA) is 63.1 Å². The molecule has 1 N–H and O–H groups in total. The number of likely N-dealkylation sites (tertiary alicyclic amines) is 1. The molecule has 2 aromatic rings. The lowest BCUT2D eigenvalue weighted by molar-refractivity contribution is -0.137. The number of nitrogens with one attached hydrogen (secondary N) is 1. The third kappa shape index (κ3) is 4.16. The molecular weight excluding hydrogens is 371 g/mol. The van der Waals surface area contributed by atoms with E-state index in [1.165, 1.54) is 19.0 Å². The molecule has 3 rings (SSSR count).